The molecule has 7 nitrogen and oxygen atoms in total. The number of sulfonamides is 1. The molecule has 34 heavy (non-hydrogen) atoms. The highest BCUT2D eigenvalue weighted by Crippen LogP contribution is 2.24. The van der Waals surface area contributed by atoms with Crippen molar-refractivity contribution in [2.45, 2.75) is 24.0 Å². The van der Waals surface area contributed by atoms with Crippen LogP contribution in [-0.2, 0) is 19.6 Å². The fourth-order valence-electron chi connectivity index (χ4n) is 3.79. The molecule has 1 heterocycles. The van der Waals surface area contributed by atoms with Crippen LogP contribution in [0.1, 0.15) is 24.1 Å². The van der Waals surface area contributed by atoms with Crippen LogP contribution in [0.4, 0.5) is 0 Å². The summed E-state index contributed by atoms with van der Waals surface area (Å²) in [6.07, 6.45) is -0.781. The molecule has 4 rings (SSSR count). The molecule has 1 atom stereocenters. The lowest BCUT2D eigenvalue weighted by Crippen LogP contribution is -2.40. The summed E-state index contributed by atoms with van der Waals surface area (Å²) in [7, 11) is -3.58. The summed E-state index contributed by atoms with van der Waals surface area (Å²) < 4.78 is 38.0. The maximum Gasteiger partial charge on any atom is 0.261 e. The van der Waals surface area contributed by atoms with Crippen LogP contribution in [0.2, 0.25) is 0 Å². The Morgan fingerprint density at radius 2 is 1.41 bits per heavy atom. The highest BCUT2D eigenvalue weighted by molar-refractivity contribution is 7.89. The number of amides is 1. The van der Waals surface area contributed by atoms with E-state index in [0.29, 0.717) is 32.1 Å². The molecule has 1 amide bonds. The molecule has 0 saturated carbocycles. The summed E-state index contributed by atoms with van der Waals surface area (Å²) in [5.41, 5.74) is 1.93. The SMILES string of the molecule is C[C@H](Oc1ccc(S(=O)(=O)N2CCOCC2)cc1)C(=O)NC(c1ccccc1)c1ccccc1. The average Bonchev–Trinajstić information content (AvgIpc) is 2.89. The van der Waals surface area contributed by atoms with Gasteiger partial charge in [0.1, 0.15) is 5.75 Å². The van der Waals surface area contributed by atoms with Crippen molar-refractivity contribution >= 4 is 15.9 Å². The lowest BCUT2D eigenvalue weighted by atomic mass is 9.98. The maximum absolute atomic E-state index is 13.0. The Hall–Kier alpha value is -3.20. The van der Waals surface area contributed by atoms with Crippen molar-refractivity contribution in [2.75, 3.05) is 26.3 Å². The van der Waals surface area contributed by atoms with Crippen molar-refractivity contribution in [1.82, 2.24) is 9.62 Å². The first kappa shape index (κ1) is 23.9. The third-order valence-electron chi connectivity index (χ3n) is 5.67. The van der Waals surface area contributed by atoms with E-state index in [4.69, 9.17) is 9.47 Å². The Kier molecular flexibility index (Phi) is 7.62. The molecule has 0 unspecified atom stereocenters. The van der Waals surface area contributed by atoms with Crippen molar-refractivity contribution < 1.29 is 22.7 Å². The molecule has 0 radical (unpaired) electrons. The lowest BCUT2D eigenvalue weighted by molar-refractivity contribution is -0.127. The van der Waals surface area contributed by atoms with Gasteiger partial charge in [0.05, 0.1) is 24.2 Å². The third kappa shape index (κ3) is 5.64. The monoisotopic (exact) mass is 480 g/mol. The summed E-state index contributed by atoms with van der Waals surface area (Å²) in [6.45, 7) is 3.12. The van der Waals surface area contributed by atoms with Gasteiger partial charge in [-0.25, -0.2) is 8.42 Å². The van der Waals surface area contributed by atoms with Crippen LogP contribution >= 0.6 is 0 Å². The van der Waals surface area contributed by atoms with Gasteiger partial charge in [-0.2, -0.15) is 4.31 Å². The first-order valence-electron chi connectivity index (χ1n) is 11.2. The topological polar surface area (TPSA) is 84.9 Å². The van der Waals surface area contributed by atoms with Gasteiger partial charge in [0, 0.05) is 13.1 Å². The second kappa shape index (κ2) is 10.8. The molecular weight excluding hydrogens is 452 g/mol. The molecule has 0 aromatic heterocycles. The number of nitrogens with one attached hydrogen (secondary N) is 1. The zero-order valence-electron chi connectivity index (χ0n) is 19.0. The van der Waals surface area contributed by atoms with Gasteiger partial charge in [0.25, 0.3) is 5.91 Å². The Morgan fingerprint density at radius 3 is 1.94 bits per heavy atom. The predicted octanol–water partition coefficient (Wildman–Crippen LogP) is 3.38. The molecule has 0 aliphatic carbocycles. The zero-order valence-corrected chi connectivity index (χ0v) is 19.8. The van der Waals surface area contributed by atoms with Gasteiger partial charge in [-0.15, -0.1) is 0 Å². The van der Waals surface area contributed by atoms with Crippen molar-refractivity contribution in [2.24, 2.45) is 0 Å². The summed E-state index contributed by atoms with van der Waals surface area (Å²) in [5, 5.41) is 3.07. The van der Waals surface area contributed by atoms with Crippen LogP contribution in [0.25, 0.3) is 0 Å². The van der Waals surface area contributed by atoms with Crippen LogP contribution in [0, 0.1) is 0 Å². The van der Waals surface area contributed by atoms with Gasteiger partial charge in [-0.05, 0) is 42.3 Å². The van der Waals surface area contributed by atoms with Crippen LogP contribution in [-0.4, -0.2) is 51.0 Å². The Labute approximate surface area is 200 Å². The number of hydrogen-bond acceptors (Lipinski definition) is 5. The highest BCUT2D eigenvalue weighted by atomic mass is 32.2. The second-order valence-corrected chi connectivity index (χ2v) is 9.95. The van der Waals surface area contributed by atoms with E-state index >= 15 is 0 Å². The molecule has 3 aromatic rings. The van der Waals surface area contributed by atoms with E-state index in [0.717, 1.165) is 11.1 Å². The minimum Gasteiger partial charge on any atom is -0.481 e. The number of ether oxygens (including phenoxy) is 2. The van der Waals surface area contributed by atoms with Gasteiger partial charge in [-0.3, -0.25) is 4.79 Å². The largest absolute Gasteiger partial charge is 0.481 e. The van der Waals surface area contributed by atoms with E-state index < -0.39 is 16.1 Å². The summed E-state index contributed by atoms with van der Waals surface area (Å²) >= 11 is 0. The van der Waals surface area contributed by atoms with Crippen molar-refractivity contribution in [3.63, 3.8) is 0 Å². The van der Waals surface area contributed by atoms with E-state index in [1.165, 1.54) is 16.4 Å². The van der Waals surface area contributed by atoms with E-state index in [1.807, 2.05) is 60.7 Å². The van der Waals surface area contributed by atoms with Crippen LogP contribution in [0.3, 0.4) is 0 Å². The zero-order chi connectivity index (χ0) is 24.0. The lowest BCUT2D eigenvalue weighted by Gasteiger charge is -2.26. The molecule has 1 N–H and O–H groups in total. The van der Waals surface area contributed by atoms with Crippen LogP contribution < -0.4 is 10.1 Å². The molecule has 1 aliphatic rings. The summed E-state index contributed by atoms with van der Waals surface area (Å²) in [4.78, 5) is 13.2. The van der Waals surface area contributed by atoms with Crippen molar-refractivity contribution in [1.29, 1.82) is 0 Å². The number of carbonyl (C=O) groups is 1. The number of benzene rings is 3. The van der Waals surface area contributed by atoms with E-state index in [1.54, 1.807) is 19.1 Å². The van der Waals surface area contributed by atoms with Crippen LogP contribution in [0.5, 0.6) is 5.75 Å². The number of carbonyl (C=O) groups excluding carboxylic acids is 1. The Bertz CT molecular complexity index is 1140. The normalized spacial score (nSPS) is 15.6. The van der Waals surface area contributed by atoms with E-state index in [2.05, 4.69) is 5.32 Å². The molecule has 1 fully saturated rings. The Morgan fingerprint density at radius 1 is 0.882 bits per heavy atom. The standard InChI is InChI=1S/C26H28N2O5S/c1-20(26(29)27-25(21-8-4-2-5-9-21)22-10-6-3-7-11-22)33-23-12-14-24(15-13-23)34(30,31)28-16-18-32-19-17-28/h2-15,20,25H,16-19H2,1H3,(H,27,29)/t20-/m0/s1. The number of nitrogens with zero attached hydrogens (tertiary/aromatic N) is 1. The molecular formula is C26H28N2O5S. The fourth-order valence-corrected chi connectivity index (χ4v) is 5.20. The number of hydrogen-bond donors (Lipinski definition) is 1. The molecule has 178 valence electrons. The first-order valence-corrected chi connectivity index (χ1v) is 12.6. The third-order valence-corrected chi connectivity index (χ3v) is 7.58. The van der Waals surface area contributed by atoms with Crippen molar-refractivity contribution in [3.05, 3.63) is 96.1 Å². The van der Waals surface area contributed by atoms with E-state index in [9.17, 15) is 13.2 Å². The van der Waals surface area contributed by atoms with Crippen LogP contribution in [0.15, 0.2) is 89.8 Å². The molecule has 0 bridgehead atoms. The van der Waals surface area contributed by atoms with Gasteiger partial charge >= 0.3 is 0 Å². The highest BCUT2D eigenvalue weighted by Gasteiger charge is 2.26. The van der Waals surface area contributed by atoms with Gasteiger partial charge in [0.2, 0.25) is 10.0 Å². The second-order valence-electron chi connectivity index (χ2n) is 8.01. The molecule has 3 aromatic carbocycles. The van der Waals surface area contributed by atoms with Gasteiger partial charge in [0.15, 0.2) is 6.10 Å². The maximum atomic E-state index is 13.0. The summed E-state index contributed by atoms with van der Waals surface area (Å²) in [5.74, 6) is 0.141. The van der Waals surface area contributed by atoms with Crippen molar-refractivity contribution in [3.8, 4) is 5.75 Å². The fraction of sp³-hybridized carbons (Fsp3) is 0.269. The predicted molar refractivity (Wildman–Crippen MR) is 129 cm³/mol. The molecule has 8 heteroatoms. The number of rotatable bonds is 8. The smallest absolute Gasteiger partial charge is 0.261 e. The molecule has 0 spiro atoms. The quantitative estimate of drug-likeness (QED) is 0.534. The van der Waals surface area contributed by atoms with E-state index in [-0.39, 0.29) is 16.8 Å². The van der Waals surface area contributed by atoms with Gasteiger partial charge in [-0.1, -0.05) is 60.7 Å². The summed E-state index contributed by atoms with van der Waals surface area (Å²) in [6, 6.07) is 25.3. The minimum absolute atomic E-state index is 0.187. The first-order chi connectivity index (χ1) is 16.4. The average molecular weight is 481 g/mol. The molecule has 1 saturated heterocycles. The van der Waals surface area contributed by atoms with Gasteiger partial charge < -0.3 is 14.8 Å². The minimum atomic E-state index is -3.58. The Balaban J connectivity index is 1.43. The molecule has 1 aliphatic heterocycles. The number of morpholine rings is 1.